The van der Waals surface area contributed by atoms with Crippen LogP contribution >= 0.6 is 0 Å². The lowest BCUT2D eigenvalue weighted by atomic mass is 9.83. The molecule has 3 rings (SSSR count). The van der Waals surface area contributed by atoms with Crippen molar-refractivity contribution < 1.29 is 5.11 Å². The van der Waals surface area contributed by atoms with Crippen molar-refractivity contribution in [3.05, 3.63) is 54.1 Å². The van der Waals surface area contributed by atoms with E-state index in [1.165, 1.54) is 43.2 Å². The lowest BCUT2D eigenvalue weighted by molar-refractivity contribution is 0.438. The van der Waals surface area contributed by atoms with Crippen LogP contribution in [0.25, 0.3) is 11.1 Å². The third kappa shape index (κ3) is 2.81. The second kappa shape index (κ2) is 5.48. The predicted octanol–water partition coefficient (Wildman–Crippen LogP) is 5.11. The van der Waals surface area contributed by atoms with Crippen LogP contribution in [-0.2, 0) is 0 Å². The fraction of sp³-hybridized carbons (Fsp3) is 0.333. The van der Waals surface area contributed by atoms with Crippen LogP contribution in [0, 0.1) is 0 Å². The average molecular weight is 252 g/mol. The van der Waals surface area contributed by atoms with Crippen molar-refractivity contribution in [1.82, 2.24) is 0 Å². The molecule has 0 spiro atoms. The van der Waals surface area contributed by atoms with E-state index >= 15 is 0 Å². The molecule has 0 atom stereocenters. The molecular weight excluding hydrogens is 232 g/mol. The van der Waals surface area contributed by atoms with Crippen molar-refractivity contribution in [2.45, 2.75) is 38.0 Å². The highest BCUT2D eigenvalue weighted by Gasteiger charge is 2.16. The molecule has 0 heterocycles. The van der Waals surface area contributed by atoms with Gasteiger partial charge in [0.1, 0.15) is 5.75 Å². The summed E-state index contributed by atoms with van der Waals surface area (Å²) < 4.78 is 0. The molecule has 0 saturated heterocycles. The molecule has 2 aromatic carbocycles. The van der Waals surface area contributed by atoms with E-state index in [1.807, 2.05) is 30.3 Å². The molecular formula is C18H20O. The maximum Gasteiger partial charge on any atom is 0.116 e. The molecule has 1 heteroatoms. The lowest BCUT2D eigenvalue weighted by Crippen LogP contribution is -2.04. The van der Waals surface area contributed by atoms with Gasteiger partial charge < -0.3 is 5.11 Å². The zero-order chi connectivity index (χ0) is 13.1. The van der Waals surface area contributed by atoms with E-state index in [2.05, 4.69) is 18.2 Å². The topological polar surface area (TPSA) is 20.2 Å². The quantitative estimate of drug-likeness (QED) is 0.787. The third-order valence-electron chi connectivity index (χ3n) is 4.12. The zero-order valence-corrected chi connectivity index (χ0v) is 11.2. The summed E-state index contributed by atoms with van der Waals surface area (Å²) in [6.07, 6.45) is 6.53. The summed E-state index contributed by atoms with van der Waals surface area (Å²) in [5.41, 5.74) is 3.61. The predicted molar refractivity (Wildman–Crippen MR) is 79.4 cm³/mol. The van der Waals surface area contributed by atoms with E-state index < -0.39 is 0 Å². The SMILES string of the molecule is Oc1cc(-c2ccccc2)cc(C2CCCCC2)c1. The van der Waals surface area contributed by atoms with Crippen molar-refractivity contribution in [2.24, 2.45) is 0 Å². The summed E-state index contributed by atoms with van der Waals surface area (Å²) in [5, 5.41) is 9.99. The molecule has 1 N–H and O–H groups in total. The van der Waals surface area contributed by atoms with Gasteiger partial charge in [-0.1, -0.05) is 55.7 Å². The van der Waals surface area contributed by atoms with Crippen molar-refractivity contribution in [3.63, 3.8) is 0 Å². The van der Waals surface area contributed by atoms with E-state index in [0.717, 1.165) is 5.56 Å². The summed E-state index contributed by atoms with van der Waals surface area (Å²) in [7, 11) is 0. The van der Waals surface area contributed by atoms with Gasteiger partial charge in [0.25, 0.3) is 0 Å². The van der Waals surface area contributed by atoms with Gasteiger partial charge in [-0.25, -0.2) is 0 Å². The molecule has 0 amide bonds. The van der Waals surface area contributed by atoms with Crippen LogP contribution in [0.5, 0.6) is 5.75 Å². The maximum absolute atomic E-state index is 9.99. The maximum atomic E-state index is 9.99. The molecule has 1 saturated carbocycles. The van der Waals surface area contributed by atoms with Crippen molar-refractivity contribution in [2.75, 3.05) is 0 Å². The summed E-state index contributed by atoms with van der Waals surface area (Å²) in [4.78, 5) is 0. The second-order valence-electron chi connectivity index (χ2n) is 5.51. The molecule has 19 heavy (non-hydrogen) atoms. The highest BCUT2D eigenvalue weighted by Crippen LogP contribution is 2.36. The van der Waals surface area contributed by atoms with E-state index in [4.69, 9.17) is 0 Å². The molecule has 0 bridgehead atoms. The molecule has 1 aliphatic rings. The Morgan fingerprint density at radius 3 is 2.26 bits per heavy atom. The second-order valence-corrected chi connectivity index (χ2v) is 5.51. The van der Waals surface area contributed by atoms with Gasteiger partial charge in [-0.05, 0) is 47.6 Å². The molecule has 1 aliphatic carbocycles. The van der Waals surface area contributed by atoms with E-state index in [0.29, 0.717) is 11.7 Å². The molecule has 98 valence electrons. The first-order chi connectivity index (χ1) is 9.33. The van der Waals surface area contributed by atoms with Crippen LogP contribution in [0.2, 0.25) is 0 Å². The first kappa shape index (κ1) is 12.3. The Kier molecular flexibility index (Phi) is 3.54. The van der Waals surface area contributed by atoms with Crippen molar-refractivity contribution >= 4 is 0 Å². The Hall–Kier alpha value is -1.76. The number of aromatic hydroxyl groups is 1. The van der Waals surface area contributed by atoms with Crippen LogP contribution in [0.4, 0.5) is 0 Å². The number of hydrogen-bond acceptors (Lipinski definition) is 1. The Labute approximate surface area is 114 Å². The minimum atomic E-state index is 0.391. The molecule has 0 unspecified atom stereocenters. The lowest BCUT2D eigenvalue weighted by Gasteiger charge is -2.22. The molecule has 1 fully saturated rings. The summed E-state index contributed by atoms with van der Waals surface area (Å²) in [5.74, 6) is 1.02. The minimum absolute atomic E-state index is 0.391. The largest absolute Gasteiger partial charge is 0.508 e. The van der Waals surface area contributed by atoms with Crippen LogP contribution in [0.15, 0.2) is 48.5 Å². The van der Waals surface area contributed by atoms with Gasteiger partial charge in [-0.15, -0.1) is 0 Å². The number of hydrogen-bond donors (Lipinski definition) is 1. The van der Waals surface area contributed by atoms with Gasteiger partial charge in [0.2, 0.25) is 0 Å². The Bertz CT molecular complexity index is 539. The van der Waals surface area contributed by atoms with E-state index in [9.17, 15) is 5.11 Å². The summed E-state index contributed by atoms with van der Waals surface area (Å²) in [6, 6.07) is 16.4. The first-order valence-electron chi connectivity index (χ1n) is 7.22. The summed E-state index contributed by atoms with van der Waals surface area (Å²) in [6.45, 7) is 0. The van der Waals surface area contributed by atoms with E-state index in [1.54, 1.807) is 0 Å². The van der Waals surface area contributed by atoms with Crippen LogP contribution in [0.1, 0.15) is 43.6 Å². The van der Waals surface area contributed by atoms with Crippen molar-refractivity contribution in [1.29, 1.82) is 0 Å². The molecule has 1 nitrogen and oxygen atoms in total. The van der Waals surface area contributed by atoms with Gasteiger partial charge in [0.15, 0.2) is 0 Å². The van der Waals surface area contributed by atoms with Gasteiger partial charge in [0.05, 0.1) is 0 Å². The Morgan fingerprint density at radius 1 is 0.789 bits per heavy atom. The smallest absolute Gasteiger partial charge is 0.116 e. The molecule has 2 aromatic rings. The first-order valence-corrected chi connectivity index (χ1v) is 7.22. The Balaban J connectivity index is 1.96. The minimum Gasteiger partial charge on any atom is -0.508 e. The van der Waals surface area contributed by atoms with Crippen LogP contribution in [-0.4, -0.2) is 5.11 Å². The average Bonchev–Trinajstić information content (AvgIpc) is 2.48. The van der Waals surface area contributed by atoms with Gasteiger partial charge in [0, 0.05) is 0 Å². The molecule has 0 aliphatic heterocycles. The monoisotopic (exact) mass is 252 g/mol. The van der Waals surface area contributed by atoms with Crippen LogP contribution < -0.4 is 0 Å². The number of phenolic OH excluding ortho intramolecular Hbond substituents is 1. The number of rotatable bonds is 2. The zero-order valence-electron chi connectivity index (χ0n) is 11.2. The third-order valence-corrected chi connectivity index (χ3v) is 4.12. The number of benzene rings is 2. The van der Waals surface area contributed by atoms with Gasteiger partial charge in [-0.2, -0.15) is 0 Å². The normalized spacial score (nSPS) is 16.4. The standard InChI is InChI=1S/C18H20O/c19-18-12-16(14-7-3-1-4-8-14)11-17(13-18)15-9-5-2-6-10-15/h1,3-4,7-8,11-13,15,19H,2,5-6,9-10H2. The summed E-state index contributed by atoms with van der Waals surface area (Å²) >= 11 is 0. The van der Waals surface area contributed by atoms with Gasteiger partial charge >= 0.3 is 0 Å². The highest BCUT2D eigenvalue weighted by molar-refractivity contribution is 5.66. The highest BCUT2D eigenvalue weighted by atomic mass is 16.3. The van der Waals surface area contributed by atoms with Crippen LogP contribution in [0.3, 0.4) is 0 Å². The fourth-order valence-corrected chi connectivity index (χ4v) is 3.10. The van der Waals surface area contributed by atoms with Gasteiger partial charge in [-0.3, -0.25) is 0 Å². The molecule has 0 aromatic heterocycles. The Morgan fingerprint density at radius 2 is 1.53 bits per heavy atom. The van der Waals surface area contributed by atoms with Crippen molar-refractivity contribution in [3.8, 4) is 16.9 Å². The number of phenols is 1. The van der Waals surface area contributed by atoms with E-state index in [-0.39, 0.29) is 0 Å². The molecule has 0 radical (unpaired) electrons. The fourth-order valence-electron chi connectivity index (χ4n) is 3.10.